The van der Waals surface area contributed by atoms with E-state index in [2.05, 4.69) is 29.7 Å². The van der Waals surface area contributed by atoms with Gasteiger partial charge < -0.3 is 0 Å². The van der Waals surface area contributed by atoms with Crippen LogP contribution in [-0.4, -0.2) is 19.5 Å². The molecule has 0 N–H and O–H groups in total. The lowest BCUT2D eigenvalue weighted by Crippen LogP contribution is -2.11. The van der Waals surface area contributed by atoms with Crippen molar-refractivity contribution in [3.05, 3.63) is 40.4 Å². The molecule has 25 heavy (non-hydrogen) atoms. The van der Waals surface area contributed by atoms with Crippen molar-refractivity contribution in [3.63, 3.8) is 0 Å². The maximum atomic E-state index is 6.37. The van der Waals surface area contributed by atoms with Gasteiger partial charge in [-0.3, -0.25) is 4.57 Å². The molecule has 6 heteroatoms. The molecule has 0 saturated carbocycles. The number of benzene rings is 1. The van der Waals surface area contributed by atoms with Crippen molar-refractivity contribution < 1.29 is 0 Å². The topological polar surface area (TPSA) is 43.6 Å². The van der Waals surface area contributed by atoms with E-state index in [4.69, 9.17) is 34.6 Å². The number of halogens is 2. The van der Waals surface area contributed by atoms with Gasteiger partial charge in [-0.05, 0) is 24.6 Å². The van der Waals surface area contributed by atoms with Crippen LogP contribution in [0, 0.1) is 12.3 Å². The fraction of sp³-hybridized carbons (Fsp3) is 0.316. The molecule has 0 fully saturated rings. The van der Waals surface area contributed by atoms with Crippen LogP contribution in [0.5, 0.6) is 0 Å². The predicted octanol–water partition coefficient (Wildman–Crippen LogP) is 5.34. The summed E-state index contributed by atoms with van der Waals surface area (Å²) in [5, 5.41) is 1.11. The van der Waals surface area contributed by atoms with Gasteiger partial charge in [0, 0.05) is 17.0 Å². The summed E-state index contributed by atoms with van der Waals surface area (Å²) in [6, 6.07) is 5.26. The zero-order valence-corrected chi connectivity index (χ0v) is 15.6. The average Bonchev–Trinajstić information content (AvgIpc) is 2.98. The van der Waals surface area contributed by atoms with Gasteiger partial charge in [0.25, 0.3) is 0 Å². The molecule has 0 bridgehead atoms. The third-order valence-electron chi connectivity index (χ3n) is 4.12. The van der Waals surface area contributed by atoms with E-state index in [1.807, 2.05) is 10.6 Å². The lowest BCUT2D eigenvalue weighted by atomic mass is 10.1. The molecule has 3 rings (SSSR count). The molecule has 0 radical (unpaired) electrons. The summed E-state index contributed by atoms with van der Waals surface area (Å²) >= 11 is 12.4. The monoisotopic (exact) mass is 372 g/mol. The minimum Gasteiger partial charge on any atom is -0.298 e. The average molecular weight is 373 g/mol. The summed E-state index contributed by atoms with van der Waals surface area (Å²) in [6.07, 6.45) is 9.92. The standard InChI is InChI=1S/C19H18Cl2N4/c1-4-7-13(5-2)25-16(6-3)24-18-17(22-11-23-19(18)25)14-9-8-12(20)10-15(14)21/h2,8-11,13H,4,6-7H2,1,3H3. The van der Waals surface area contributed by atoms with Crippen LogP contribution in [0.4, 0.5) is 0 Å². The Hall–Kier alpha value is -2.09. The summed E-state index contributed by atoms with van der Waals surface area (Å²) in [5.74, 6) is 3.77. The number of aromatic nitrogens is 4. The van der Waals surface area contributed by atoms with Gasteiger partial charge in [-0.2, -0.15) is 0 Å². The van der Waals surface area contributed by atoms with E-state index in [9.17, 15) is 0 Å². The van der Waals surface area contributed by atoms with Crippen molar-refractivity contribution >= 4 is 34.4 Å². The summed E-state index contributed by atoms with van der Waals surface area (Å²) in [5.41, 5.74) is 2.91. The summed E-state index contributed by atoms with van der Waals surface area (Å²) < 4.78 is 2.05. The minimum absolute atomic E-state index is 0.0756. The summed E-state index contributed by atoms with van der Waals surface area (Å²) in [4.78, 5) is 13.7. The lowest BCUT2D eigenvalue weighted by Gasteiger charge is -2.14. The molecule has 2 heterocycles. The van der Waals surface area contributed by atoms with Crippen molar-refractivity contribution in [2.45, 2.75) is 39.2 Å². The van der Waals surface area contributed by atoms with Gasteiger partial charge in [0.1, 0.15) is 23.4 Å². The molecule has 0 amide bonds. The highest BCUT2D eigenvalue weighted by Gasteiger charge is 2.21. The van der Waals surface area contributed by atoms with Gasteiger partial charge >= 0.3 is 0 Å². The van der Waals surface area contributed by atoms with E-state index in [-0.39, 0.29) is 6.04 Å². The molecule has 0 aliphatic rings. The van der Waals surface area contributed by atoms with E-state index in [0.29, 0.717) is 21.3 Å². The second kappa shape index (κ2) is 7.43. The third-order valence-corrected chi connectivity index (χ3v) is 4.67. The number of hydrogen-bond donors (Lipinski definition) is 0. The van der Waals surface area contributed by atoms with Gasteiger partial charge in [-0.1, -0.05) is 49.4 Å². The molecule has 3 aromatic rings. The Balaban J connectivity index is 2.27. The van der Waals surface area contributed by atoms with E-state index in [0.717, 1.165) is 36.3 Å². The maximum Gasteiger partial charge on any atom is 0.165 e. The number of aryl methyl sites for hydroxylation is 1. The van der Waals surface area contributed by atoms with Gasteiger partial charge in [0.05, 0.1) is 11.1 Å². The minimum atomic E-state index is -0.0756. The van der Waals surface area contributed by atoms with Crippen LogP contribution in [0.25, 0.3) is 22.4 Å². The maximum absolute atomic E-state index is 6.37. The van der Waals surface area contributed by atoms with E-state index in [1.54, 1.807) is 12.1 Å². The Morgan fingerprint density at radius 3 is 2.68 bits per heavy atom. The fourth-order valence-corrected chi connectivity index (χ4v) is 3.47. The number of nitrogens with zero attached hydrogens (tertiary/aromatic N) is 4. The number of imidazole rings is 1. The molecule has 0 aliphatic heterocycles. The van der Waals surface area contributed by atoms with Gasteiger partial charge in [-0.25, -0.2) is 15.0 Å². The van der Waals surface area contributed by atoms with Gasteiger partial charge in [0.15, 0.2) is 5.65 Å². The van der Waals surface area contributed by atoms with Crippen LogP contribution >= 0.6 is 23.2 Å². The molecule has 0 spiro atoms. The first-order chi connectivity index (χ1) is 12.1. The molecular weight excluding hydrogens is 355 g/mol. The molecule has 2 aromatic heterocycles. The molecule has 1 unspecified atom stereocenters. The Morgan fingerprint density at radius 1 is 1.24 bits per heavy atom. The Kier molecular flexibility index (Phi) is 5.27. The quantitative estimate of drug-likeness (QED) is 0.567. The molecule has 1 atom stereocenters. The van der Waals surface area contributed by atoms with Crippen LogP contribution in [-0.2, 0) is 6.42 Å². The SMILES string of the molecule is C#CC(CCC)n1c(CC)nc2c(-c3ccc(Cl)cc3Cl)ncnc21. The van der Waals surface area contributed by atoms with Crippen molar-refractivity contribution in [1.29, 1.82) is 0 Å². The van der Waals surface area contributed by atoms with Crippen LogP contribution in [0.3, 0.4) is 0 Å². The highest BCUT2D eigenvalue weighted by molar-refractivity contribution is 6.36. The van der Waals surface area contributed by atoms with Crippen molar-refractivity contribution in [2.75, 3.05) is 0 Å². The number of hydrogen-bond acceptors (Lipinski definition) is 3. The van der Waals surface area contributed by atoms with Crippen LogP contribution in [0.1, 0.15) is 38.6 Å². The highest BCUT2D eigenvalue weighted by Crippen LogP contribution is 2.34. The predicted molar refractivity (Wildman–Crippen MR) is 103 cm³/mol. The fourth-order valence-electron chi connectivity index (χ4n) is 2.97. The normalized spacial score (nSPS) is 12.3. The molecule has 4 nitrogen and oxygen atoms in total. The highest BCUT2D eigenvalue weighted by atomic mass is 35.5. The van der Waals surface area contributed by atoms with Crippen LogP contribution in [0.15, 0.2) is 24.5 Å². The number of terminal acetylenes is 1. The first-order valence-electron chi connectivity index (χ1n) is 8.24. The zero-order valence-electron chi connectivity index (χ0n) is 14.1. The van der Waals surface area contributed by atoms with Gasteiger partial charge in [0.2, 0.25) is 0 Å². The Morgan fingerprint density at radius 2 is 2.04 bits per heavy atom. The zero-order chi connectivity index (χ0) is 18.0. The molecule has 128 valence electrons. The Bertz CT molecular complexity index is 956. The van der Waals surface area contributed by atoms with E-state index < -0.39 is 0 Å². The third kappa shape index (κ3) is 3.22. The second-order valence-electron chi connectivity index (χ2n) is 5.74. The first kappa shape index (κ1) is 17.7. The van der Waals surface area contributed by atoms with E-state index >= 15 is 0 Å². The van der Waals surface area contributed by atoms with E-state index in [1.165, 1.54) is 6.33 Å². The Labute approximate surface area is 157 Å². The lowest BCUT2D eigenvalue weighted by molar-refractivity contribution is 0.555. The molecule has 1 aromatic carbocycles. The summed E-state index contributed by atoms with van der Waals surface area (Å²) in [6.45, 7) is 4.17. The molecule has 0 saturated heterocycles. The second-order valence-corrected chi connectivity index (χ2v) is 6.59. The number of rotatable bonds is 5. The van der Waals surface area contributed by atoms with Crippen LogP contribution < -0.4 is 0 Å². The summed E-state index contributed by atoms with van der Waals surface area (Å²) in [7, 11) is 0. The van der Waals surface area contributed by atoms with Gasteiger partial charge in [-0.15, -0.1) is 6.42 Å². The largest absolute Gasteiger partial charge is 0.298 e. The molecular formula is C19H18Cl2N4. The smallest absolute Gasteiger partial charge is 0.165 e. The van der Waals surface area contributed by atoms with Crippen molar-refractivity contribution in [1.82, 2.24) is 19.5 Å². The number of fused-ring (bicyclic) bond motifs is 1. The van der Waals surface area contributed by atoms with Crippen LogP contribution in [0.2, 0.25) is 10.0 Å². The molecule has 0 aliphatic carbocycles. The van der Waals surface area contributed by atoms with Crippen molar-refractivity contribution in [2.24, 2.45) is 0 Å². The first-order valence-corrected chi connectivity index (χ1v) is 8.99. The van der Waals surface area contributed by atoms with Crippen molar-refractivity contribution in [3.8, 4) is 23.6 Å².